The molecular weight excluding hydrogens is 526 g/mol. The first-order valence-corrected chi connectivity index (χ1v) is 19.6. The second-order valence-electron chi connectivity index (χ2n) is 13.4. The molecule has 1 rings (SSSR count). The third kappa shape index (κ3) is 29.8. The lowest BCUT2D eigenvalue weighted by atomic mass is 10.1. The number of ether oxygens (including phenoxy) is 2. The molecule has 0 aromatic heterocycles. The van der Waals surface area contributed by atoms with Gasteiger partial charge in [-0.05, 0) is 96.6 Å². The second-order valence-corrected chi connectivity index (χ2v) is 13.4. The Bertz CT molecular complexity index is 583. The number of allylic oxidation sites excluding steroid dienone is 4. The van der Waals surface area contributed by atoms with Gasteiger partial charge in [-0.3, -0.25) is 0 Å². The molecule has 0 saturated carbocycles. The lowest BCUT2D eigenvalue weighted by Crippen LogP contribution is -2.28. The molecule has 0 aromatic rings. The van der Waals surface area contributed by atoms with E-state index in [0.717, 1.165) is 26.2 Å². The Kier molecular flexibility index (Phi) is 32.2. The van der Waals surface area contributed by atoms with Gasteiger partial charge in [-0.1, -0.05) is 128 Å². The van der Waals surface area contributed by atoms with Crippen molar-refractivity contribution in [1.29, 1.82) is 0 Å². The van der Waals surface area contributed by atoms with Crippen LogP contribution in [0.25, 0.3) is 0 Å². The third-order valence-corrected chi connectivity index (χ3v) is 9.08. The summed E-state index contributed by atoms with van der Waals surface area (Å²) >= 11 is 0. The molecule has 43 heavy (non-hydrogen) atoms. The summed E-state index contributed by atoms with van der Waals surface area (Å²) in [6, 6.07) is 0. The van der Waals surface area contributed by atoms with Crippen LogP contribution in [0, 0.1) is 0 Å². The molecule has 0 spiro atoms. The van der Waals surface area contributed by atoms with Crippen molar-refractivity contribution in [3.8, 4) is 0 Å². The highest BCUT2D eigenvalue weighted by atomic mass is 16.5. The summed E-state index contributed by atoms with van der Waals surface area (Å²) < 4.78 is 12.5. The van der Waals surface area contributed by atoms with Gasteiger partial charge in [0.05, 0.1) is 12.7 Å². The molecule has 1 aliphatic heterocycles. The molecule has 1 atom stereocenters. The summed E-state index contributed by atoms with van der Waals surface area (Å²) in [7, 11) is 0. The van der Waals surface area contributed by atoms with Gasteiger partial charge >= 0.3 is 0 Å². The van der Waals surface area contributed by atoms with Gasteiger partial charge in [-0.15, -0.1) is 0 Å². The lowest BCUT2D eigenvalue weighted by molar-refractivity contribution is -0.0255. The van der Waals surface area contributed by atoms with Crippen LogP contribution in [0.5, 0.6) is 0 Å². The van der Waals surface area contributed by atoms with Crippen molar-refractivity contribution < 1.29 is 9.47 Å². The van der Waals surface area contributed by atoms with E-state index in [0.29, 0.717) is 0 Å². The summed E-state index contributed by atoms with van der Waals surface area (Å²) in [6.07, 6.45) is 45.8. The van der Waals surface area contributed by atoms with Crippen LogP contribution in [-0.4, -0.2) is 50.5 Å². The van der Waals surface area contributed by atoms with Crippen LogP contribution in [0.15, 0.2) is 24.3 Å². The maximum Gasteiger partial charge on any atom is 0.0820 e. The first-order chi connectivity index (χ1) is 21.4. The van der Waals surface area contributed by atoms with Crippen LogP contribution in [0.3, 0.4) is 0 Å². The van der Waals surface area contributed by atoms with E-state index in [1.165, 1.54) is 187 Å². The normalized spacial score (nSPS) is 15.0. The van der Waals surface area contributed by atoms with Crippen LogP contribution >= 0.6 is 0 Å². The third-order valence-electron chi connectivity index (χ3n) is 9.08. The molecule has 1 aliphatic rings. The maximum absolute atomic E-state index is 6.37. The van der Waals surface area contributed by atoms with E-state index < -0.39 is 0 Å². The number of hydrogen-bond acceptors (Lipinski definition) is 3. The van der Waals surface area contributed by atoms with E-state index in [-0.39, 0.29) is 6.10 Å². The topological polar surface area (TPSA) is 21.7 Å². The van der Waals surface area contributed by atoms with Crippen LogP contribution in [0.1, 0.15) is 187 Å². The Hall–Kier alpha value is -0.640. The van der Waals surface area contributed by atoms with Crippen molar-refractivity contribution in [3.63, 3.8) is 0 Å². The molecule has 0 aromatic carbocycles. The Balaban J connectivity index is 1.99. The van der Waals surface area contributed by atoms with Crippen LogP contribution in [-0.2, 0) is 9.47 Å². The smallest absolute Gasteiger partial charge is 0.0820 e. The minimum Gasteiger partial charge on any atom is -0.379 e. The molecule has 0 amide bonds. The van der Waals surface area contributed by atoms with Gasteiger partial charge in [0.2, 0.25) is 0 Å². The summed E-state index contributed by atoms with van der Waals surface area (Å²) in [6.45, 7) is 10.9. The molecule has 1 heterocycles. The highest BCUT2D eigenvalue weighted by molar-refractivity contribution is 4.82. The fourth-order valence-electron chi connectivity index (χ4n) is 6.11. The summed E-state index contributed by atoms with van der Waals surface area (Å²) in [5.41, 5.74) is 0. The Morgan fingerprint density at radius 2 is 0.930 bits per heavy atom. The Morgan fingerprint density at radius 1 is 0.512 bits per heavy atom. The monoisotopic (exact) mass is 604 g/mol. The molecule has 0 aliphatic carbocycles. The lowest BCUT2D eigenvalue weighted by Gasteiger charge is -2.22. The van der Waals surface area contributed by atoms with E-state index in [2.05, 4.69) is 43.1 Å². The summed E-state index contributed by atoms with van der Waals surface area (Å²) in [5.74, 6) is 0. The highest BCUT2D eigenvalue weighted by Gasteiger charge is 2.15. The van der Waals surface area contributed by atoms with Crippen molar-refractivity contribution >= 4 is 0 Å². The zero-order chi connectivity index (χ0) is 30.7. The number of hydrogen-bond donors (Lipinski definition) is 0. The molecule has 3 heteroatoms. The zero-order valence-electron chi connectivity index (χ0n) is 29.5. The predicted molar refractivity (Wildman–Crippen MR) is 191 cm³/mol. The van der Waals surface area contributed by atoms with E-state index in [1.54, 1.807) is 0 Å². The first-order valence-electron chi connectivity index (χ1n) is 19.6. The molecule has 1 saturated heterocycles. The van der Waals surface area contributed by atoms with E-state index in [9.17, 15) is 0 Å². The van der Waals surface area contributed by atoms with Crippen molar-refractivity contribution in [2.24, 2.45) is 0 Å². The van der Waals surface area contributed by atoms with E-state index in [1.807, 2.05) is 0 Å². The van der Waals surface area contributed by atoms with Gasteiger partial charge < -0.3 is 14.4 Å². The summed E-state index contributed by atoms with van der Waals surface area (Å²) in [5, 5.41) is 0. The molecule has 3 nitrogen and oxygen atoms in total. The number of unbranched alkanes of at least 4 members (excludes halogenated alkanes) is 20. The van der Waals surface area contributed by atoms with E-state index >= 15 is 0 Å². The Morgan fingerprint density at radius 3 is 1.42 bits per heavy atom. The zero-order valence-corrected chi connectivity index (χ0v) is 29.5. The molecule has 0 radical (unpaired) electrons. The molecule has 1 fully saturated rings. The number of rotatable bonds is 34. The molecule has 0 N–H and O–H groups in total. The van der Waals surface area contributed by atoms with Crippen LogP contribution in [0.2, 0.25) is 0 Å². The molecule has 1 unspecified atom stereocenters. The molecule has 0 bridgehead atoms. The average Bonchev–Trinajstić information content (AvgIpc) is 3.55. The van der Waals surface area contributed by atoms with Crippen molar-refractivity contribution in [2.45, 2.75) is 193 Å². The van der Waals surface area contributed by atoms with Gasteiger partial charge in [0.15, 0.2) is 0 Å². The van der Waals surface area contributed by atoms with Crippen LogP contribution < -0.4 is 0 Å². The van der Waals surface area contributed by atoms with Gasteiger partial charge in [-0.25, -0.2) is 0 Å². The summed E-state index contributed by atoms with van der Waals surface area (Å²) in [4.78, 5) is 2.61. The van der Waals surface area contributed by atoms with E-state index in [4.69, 9.17) is 9.47 Å². The van der Waals surface area contributed by atoms with Crippen molar-refractivity contribution in [1.82, 2.24) is 4.90 Å². The minimum absolute atomic E-state index is 0.272. The maximum atomic E-state index is 6.37. The molecule has 254 valence electrons. The van der Waals surface area contributed by atoms with Gasteiger partial charge in [-0.2, -0.15) is 0 Å². The number of likely N-dealkylation sites (tertiary alicyclic amines) is 1. The minimum atomic E-state index is 0.272. The quantitative estimate of drug-likeness (QED) is 0.0539. The standard InChI is InChI=1S/C40H77NO2/c1-3-5-7-9-11-13-15-17-19-21-23-25-27-31-37-42-39-40(33-36-41-34-29-30-35-41)43-38-32-28-26-24-22-20-18-16-14-12-10-8-6-4-2/h13-16,40H,3-12,17-39H2,1-2H3. The number of nitrogens with zero attached hydrogens (tertiary/aromatic N) is 1. The van der Waals surface area contributed by atoms with Gasteiger partial charge in [0, 0.05) is 19.8 Å². The second kappa shape index (κ2) is 34.2. The SMILES string of the molecule is CCCCCCC=CCCCCCCCCOCC(CCN1CCCC1)OCCCCCCCCC=CCCCCCC. The Labute approximate surface area is 271 Å². The largest absolute Gasteiger partial charge is 0.379 e. The fourth-order valence-corrected chi connectivity index (χ4v) is 6.11. The molecular formula is C40H77NO2. The average molecular weight is 604 g/mol. The van der Waals surface area contributed by atoms with Crippen molar-refractivity contribution in [3.05, 3.63) is 24.3 Å². The van der Waals surface area contributed by atoms with Gasteiger partial charge in [0.25, 0.3) is 0 Å². The van der Waals surface area contributed by atoms with Crippen LogP contribution in [0.4, 0.5) is 0 Å². The highest BCUT2D eigenvalue weighted by Crippen LogP contribution is 2.13. The predicted octanol–water partition coefficient (Wildman–Crippen LogP) is 12.4. The van der Waals surface area contributed by atoms with Gasteiger partial charge in [0.1, 0.15) is 0 Å². The first kappa shape index (κ1) is 40.4. The fraction of sp³-hybridized carbons (Fsp3) is 0.900. The van der Waals surface area contributed by atoms with Crippen molar-refractivity contribution in [2.75, 3.05) is 39.5 Å².